The van der Waals surface area contributed by atoms with Crippen LogP contribution >= 0.6 is 15.9 Å². The zero-order valence-corrected chi connectivity index (χ0v) is 12.5. The third-order valence-electron chi connectivity index (χ3n) is 2.88. The minimum atomic E-state index is -0.559. The van der Waals surface area contributed by atoms with E-state index in [1.54, 1.807) is 11.9 Å². The van der Waals surface area contributed by atoms with Gasteiger partial charge in [0.2, 0.25) is 5.91 Å². The second kappa shape index (κ2) is 5.92. The minimum absolute atomic E-state index is 0.194. The molecule has 2 rings (SSSR count). The van der Waals surface area contributed by atoms with E-state index in [4.69, 9.17) is 5.73 Å². The van der Waals surface area contributed by atoms with Crippen LogP contribution in [0.5, 0.6) is 0 Å². The largest absolute Gasteiger partial charge is 0.366 e. The van der Waals surface area contributed by atoms with Crippen LogP contribution in [0.3, 0.4) is 0 Å². The summed E-state index contributed by atoms with van der Waals surface area (Å²) in [7, 11) is 1.70. The van der Waals surface area contributed by atoms with Crippen molar-refractivity contribution in [2.75, 3.05) is 7.05 Å². The molecule has 0 spiro atoms. The lowest BCUT2D eigenvalue weighted by Gasteiger charge is -2.16. The first-order valence-electron chi connectivity index (χ1n) is 5.95. The Hall–Kier alpha value is -2.08. The van der Waals surface area contributed by atoms with Crippen molar-refractivity contribution in [1.29, 1.82) is 0 Å². The van der Waals surface area contributed by atoms with Crippen LogP contribution in [-0.4, -0.2) is 28.7 Å². The van der Waals surface area contributed by atoms with Crippen molar-refractivity contribution in [3.8, 4) is 0 Å². The molecule has 0 fully saturated rings. The van der Waals surface area contributed by atoms with Crippen LogP contribution in [0.1, 0.15) is 26.4 Å². The Kier molecular flexibility index (Phi) is 4.24. The first-order valence-corrected chi connectivity index (χ1v) is 6.75. The summed E-state index contributed by atoms with van der Waals surface area (Å²) < 4.78 is 0.991. The Morgan fingerprint density at radius 2 is 1.95 bits per heavy atom. The van der Waals surface area contributed by atoms with Gasteiger partial charge >= 0.3 is 0 Å². The van der Waals surface area contributed by atoms with Crippen molar-refractivity contribution < 1.29 is 9.59 Å². The lowest BCUT2D eigenvalue weighted by molar-refractivity contribution is 0.0780. The lowest BCUT2D eigenvalue weighted by atomic mass is 10.2. The minimum Gasteiger partial charge on any atom is -0.366 e. The van der Waals surface area contributed by atoms with Gasteiger partial charge in [0, 0.05) is 24.3 Å². The molecular weight excluding hydrogens is 322 g/mol. The van der Waals surface area contributed by atoms with Crippen molar-refractivity contribution >= 4 is 27.7 Å². The van der Waals surface area contributed by atoms with E-state index in [1.807, 2.05) is 24.3 Å². The van der Waals surface area contributed by atoms with E-state index in [-0.39, 0.29) is 5.91 Å². The number of carbonyl (C=O) groups excluding carboxylic acids is 2. The predicted molar refractivity (Wildman–Crippen MR) is 79.3 cm³/mol. The summed E-state index contributed by atoms with van der Waals surface area (Å²) in [6, 6.07) is 9.19. The second-order valence-corrected chi connectivity index (χ2v) is 5.37. The van der Waals surface area contributed by atoms with Crippen molar-refractivity contribution in [3.63, 3.8) is 0 Å². The van der Waals surface area contributed by atoms with E-state index >= 15 is 0 Å². The van der Waals surface area contributed by atoms with Crippen molar-refractivity contribution in [2.45, 2.75) is 6.54 Å². The van der Waals surface area contributed by atoms with Crippen LogP contribution < -0.4 is 5.73 Å². The van der Waals surface area contributed by atoms with Gasteiger partial charge in [-0.25, -0.2) is 0 Å². The molecule has 2 aromatic rings. The lowest BCUT2D eigenvalue weighted by Crippen LogP contribution is -2.26. The van der Waals surface area contributed by atoms with Gasteiger partial charge in [-0.05, 0) is 23.8 Å². The first kappa shape index (κ1) is 14.3. The molecule has 0 radical (unpaired) electrons. The molecule has 1 heterocycles. The Balaban J connectivity index is 2.07. The fourth-order valence-electron chi connectivity index (χ4n) is 1.80. The van der Waals surface area contributed by atoms with Gasteiger partial charge in [0.05, 0.1) is 5.56 Å². The number of nitrogens with zero attached hydrogens (tertiary/aromatic N) is 1. The predicted octanol–water partition coefficient (Wildman–Crippen LogP) is 2.15. The third-order valence-corrected chi connectivity index (χ3v) is 3.41. The van der Waals surface area contributed by atoms with E-state index in [0.717, 1.165) is 10.0 Å². The van der Waals surface area contributed by atoms with Crippen LogP contribution in [0.25, 0.3) is 0 Å². The molecule has 0 bridgehead atoms. The summed E-state index contributed by atoms with van der Waals surface area (Å²) in [5, 5.41) is 0. The normalized spacial score (nSPS) is 10.3. The number of carbonyl (C=O) groups is 2. The zero-order chi connectivity index (χ0) is 14.7. The number of nitrogens with two attached hydrogens (primary N) is 1. The summed E-state index contributed by atoms with van der Waals surface area (Å²) >= 11 is 3.36. The standard InChI is InChI=1S/C14H14BrN3O2/c1-18(8-9-2-4-11(15)5-3-9)14(20)12-6-10(7-17-12)13(16)19/h2-7,17H,8H2,1H3,(H2,16,19). The maximum Gasteiger partial charge on any atom is 0.270 e. The van der Waals surface area contributed by atoms with Crippen LogP contribution in [0.2, 0.25) is 0 Å². The molecule has 20 heavy (non-hydrogen) atoms. The molecule has 0 aliphatic carbocycles. The van der Waals surface area contributed by atoms with Crippen LogP contribution in [0.4, 0.5) is 0 Å². The molecule has 5 nitrogen and oxygen atoms in total. The van der Waals surface area contributed by atoms with Gasteiger partial charge in [-0.2, -0.15) is 0 Å². The van der Waals surface area contributed by atoms with Crippen LogP contribution in [-0.2, 0) is 6.54 Å². The third kappa shape index (κ3) is 3.27. The van der Waals surface area contributed by atoms with Gasteiger partial charge < -0.3 is 15.6 Å². The number of rotatable bonds is 4. The molecule has 1 aromatic carbocycles. The SMILES string of the molecule is CN(Cc1ccc(Br)cc1)C(=O)c1cc(C(N)=O)c[nH]1. The van der Waals surface area contributed by atoms with Gasteiger partial charge in [-0.3, -0.25) is 9.59 Å². The number of primary amides is 1. The topological polar surface area (TPSA) is 79.2 Å². The monoisotopic (exact) mass is 335 g/mol. The number of hydrogen-bond donors (Lipinski definition) is 2. The van der Waals surface area contributed by atoms with E-state index in [1.165, 1.54) is 12.3 Å². The molecule has 0 atom stereocenters. The molecule has 104 valence electrons. The molecule has 1 aromatic heterocycles. The van der Waals surface area contributed by atoms with Crippen molar-refractivity contribution in [2.24, 2.45) is 5.73 Å². The number of benzene rings is 1. The Morgan fingerprint density at radius 1 is 1.30 bits per heavy atom. The fraction of sp³-hybridized carbons (Fsp3) is 0.143. The van der Waals surface area contributed by atoms with Gasteiger partial charge in [0.1, 0.15) is 5.69 Å². The van der Waals surface area contributed by atoms with E-state index in [9.17, 15) is 9.59 Å². The summed E-state index contributed by atoms with van der Waals surface area (Å²) in [6.45, 7) is 0.483. The smallest absolute Gasteiger partial charge is 0.270 e. The number of aromatic nitrogens is 1. The molecule has 0 saturated heterocycles. The maximum absolute atomic E-state index is 12.2. The highest BCUT2D eigenvalue weighted by atomic mass is 79.9. The molecule has 3 N–H and O–H groups in total. The highest BCUT2D eigenvalue weighted by Gasteiger charge is 2.15. The number of halogens is 1. The number of hydrogen-bond acceptors (Lipinski definition) is 2. The van der Waals surface area contributed by atoms with Crippen LogP contribution in [0.15, 0.2) is 41.0 Å². The molecule has 0 unspecified atom stereocenters. The number of nitrogens with one attached hydrogen (secondary N) is 1. The van der Waals surface area contributed by atoms with Gasteiger partial charge in [-0.1, -0.05) is 28.1 Å². The summed E-state index contributed by atoms with van der Waals surface area (Å²) in [6.07, 6.45) is 1.43. The maximum atomic E-state index is 12.2. The Morgan fingerprint density at radius 3 is 2.50 bits per heavy atom. The average Bonchev–Trinajstić information content (AvgIpc) is 2.90. The van der Waals surface area contributed by atoms with E-state index < -0.39 is 5.91 Å². The Bertz CT molecular complexity index is 634. The van der Waals surface area contributed by atoms with Gasteiger partial charge in [-0.15, -0.1) is 0 Å². The van der Waals surface area contributed by atoms with Crippen molar-refractivity contribution in [1.82, 2.24) is 9.88 Å². The first-order chi connectivity index (χ1) is 9.47. The number of H-pyrrole nitrogens is 1. The average molecular weight is 336 g/mol. The summed E-state index contributed by atoms with van der Waals surface area (Å²) in [5.74, 6) is -0.753. The van der Waals surface area contributed by atoms with Gasteiger partial charge in [0.15, 0.2) is 0 Å². The van der Waals surface area contributed by atoms with Gasteiger partial charge in [0.25, 0.3) is 5.91 Å². The quantitative estimate of drug-likeness (QED) is 0.897. The fourth-order valence-corrected chi connectivity index (χ4v) is 2.07. The van der Waals surface area contributed by atoms with Crippen LogP contribution in [0, 0.1) is 0 Å². The molecule has 0 aliphatic heterocycles. The molecule has 6 heteroatoms. The molecule has 0 aliphatic rings. The summed E-state index contributed by atoms with van der Waals surface area (Å²) in [5.41, 5.74) is 6.81. The highest BCUT2D eigenvalue weighted by Crippen LogP contribution is 2.13. The highest BCUT2D eigenvalue weighted by molar-refractivity contribution is 9.10. The molecule has 0 saturated carbocycles. The summed E-state index contributed by atoms with van der Waals surface area (Å²) in [4.78, 5) is 27.5. The van der Waals surface area contributed by atoms with E-state index in [0.29, 0.717) is 17.8 Å². The molecule has 2 amide bonds. The Labute approximate surface area is 124 Å². The zero-order valence-electron chi connectivity index (χ0n) is 10.9. The number of amides is 2. The van der Waals surface area contributed by atoms with E-state index in [2.05, 4.69) is 20.9 Å². The number of aromatic amines is 1. The molecular formula is C14H14BrN3O2. The van der Waals surface area contributed by atoms with Crippen molar-refractivity contribution in [3.05, 3.63) is 57.8 Å². The second-order valence-electron chi connectivity index (χ2n) is 4.45.